The Labute approximate surface area is 275 Å². The van der Waals surface area contributed by atoms with Gasteiger partial charge in [-0.1, -0.05) is 72.3 Å². The van der Waals surface area contributed by atoms with Gasteiger partial charge < -0.3 is 34.9 Å². The van der Waals surface area contributed by atoms with Crippen molar-refractivity contribution in [3.05, 3.63) is 94.5 Å². The van der Waals surface area contributed by atoms with E-state index in [1.807, 2.05) is 60.7 Å². The average Bonchev–Trinajstić information content (AvgIpc) is 3.20. The van der Waals surface area contributed by atoms with E-state index in [4.69, 9.17) is 25.8 Å². The molecular weight excluding hydrogens is 654 g/mol. The maximum absolute atomic E-state index is 13.0. The van der Waals surface area contributed by atoms with E-state index in [9.17, 15) is 32.7 Å². The molecule has 2 aliphatic heterocycles. The van der Waals surface area contributed by atoms with Gasteiger partial charge in [-0.3, -0.25) is 9.59 Å². The van der Waals surface area contributed by atoms with Crippen LogP contribution in [0.4, 0.5) is 4.79 Å². The van der Waals surface area contributed by atoms with E-state index in [0.29, 0.717) is 5.75 Å². The minimum absolute atomic E-state index is 0.0264. The molecule has 0 saturated carbocycles. The van der Waals surface area contributed by atoms with Crippen molar-refractivity contribution < 1.29 is 46.9 Å². The maximum Gasteiger partial charge on any atom is 0.407 e. The monoisotopic (exact) mass is 685 g/mol. The number of nitrogens with zero attached hydrogens (tertiary/aromatic N) is 1. The van der Waals surface area contributed by atoms with Crippen LogP contribution in [0.2, 0.25) is 5.02 Å². The topological polar surface area (TPSA) is 178 Å². The van der Waals surface area contributed by atoms with Gasteiger partial charge >= 0.3 is 12.1 Å². The fraction of sp³-hybridized carbons (Fsp3) is 0.312. The number of benzene rings is 3. The van der Waals surface area contributed by atoms with E-state index in [1.54, 1.807) is 6.07 Å². The van der Waals surface area contributed by atoms with Crippen molar-refractivity contribution in [2.45, 2.75) is 42.7 Å². The highest BCUT2D eigenvalue weighted by molar-refractivity contribution is 7.94. The Hall–Kier alpha value is -4.82. The number of aliphatic carboxylic acids is 1. The van der Waals surface area contributed by atoms with Gasteiger partial charge in [0, 0.05) is 13.1 Å². The van der Waals surface area contributed by atoms with Gasteiger partial charge in [0.25, 0.3) is 5.91 Å². The Bertz CT molecular complexity index is 1770. The molecule has 3 aromatic carbocycles. The minimum atomic E-state index is -4.14. The number of carboxylic acids is 1. The molecule has 3 unspecified atom stereocenters. The number of sulfone groups is 1. The van der Waals surface area contributed by atoms with Crippen molar-refractivity contribution in [2.24, 2.45) is 0 Å². The minimum Gasteiger partial charge on any atom is -0.485 e. The van der Waals surface area contributed by atoms with Gasteiger partial charge in [0.05, 0.1) is 17.0 Å². The highest BCUT2D eigenvalue weighted by Crippen LogP contribution is 2.46. The number of ether oxygens (including phenoxy) is 3. The Morgan fingerprint density at radius 2 is 1.53 bits per heavy atom. The zero-order valence-electron chi connectivity index (χ0n) is 25.2. The van der Waals surface area contributed by atoms with Crippen molar-refractivity contribution in [3.63, 3.8) is 0 Å². The molecule has 248 valence electrons. The van der Waals surface area contributed by atoms with E-state index in [1.165, 1.54) is 6.07 Å². The second-order valence-corrected chi connectivity index (χ2v) is 14.1. The molecule has 3 amide bonds. The van der Waals surface area contributed by atoms with Gasteiger partial charge in [-0.2, -0.15) is 0 Å². The van der Waals surface area contributed by atoms with E-state index in [-0.39, 0.29) is 49.1 Å². The fourth-order valence-corrected chi connectivity index (χ4v) is 7.96. The summed E-state index contributed by atoms with van der Waals surface area (Å²) in [6.07, 6.45) is -1.35. The number of hydrogen-bond donors (Lipinski definition) is 3. The molecule has 2 heterocycles. The molecular formula is C32H32ClN3O10S. The van der Waals surface area contributed by atoms with Crippen LogP contribution in [-0.4, -0.2) is 78.2 Å². The van der Waals surface area contributed by atoms with Crippen LogP contribution >= 0.6 is 11.6 Å². The molecule has 0 aliphatic carbocycles. The molecule has 0 aromatic heterocycles. The Kier molecular flexibility index (Phi) is 9.91. The summed E-state index contributed by atoms with van der Waals surface area (Å²) < 4.78 is 41.0. The Morgan fingerprint density at radius 3 is 2.13 bits per heavy atom. The van der Waals surface area contributed by atoms with Crippen LogP contribution in [0.5, 0.6) is 11.5 Å². The first-order chi connectivity index (χ1) is 22.4. The van der Waals surface area contributed by atoms with Crippen molar-refractivity contribution in [1.82, 2.24) is 15.5 Å². The second kappa shape index (κ2) is 13.9. The number of alkyl carbamates (subject to hydrolysis) is 1. The van der Waals surface area contributed by atoms with Gasteiger partial charge in [0.2, 0.25) is 5.91 Å². The first-order valence-corrected chi connectivity index (χ1v) is 16.5. The SMILES string of the molecule is CC1(COC(=O)NCCNC(=O)c2ccc(OCc3ccccc3)c(OCc3ccccc3)c2Cl)C(C(=O)O)N2C(=O)CC2S1(=O)=O. The number of hydrogen-bond acceptors (Lipinski definition) is 9. The van der Waals surface area contributed by atoms with Crippen LogP contribution in [0.3, 0.4) is 0 Å². The number of fused-ring (bicyclic) bond motifs is 1. The summed E-state index contributed by atoms with van der Waals surface area (Å²) in [7, 11) is -4.14. The maximum atomic E-state index is 13.0. The molecule has 15 heteroatoms. The molecule has 2 fully saturated rings. The quantitative estimate of drug-likeness (QED) is 0.179. The van der Waals surface area contributed by atoms with Crippen LogP contribution in [0.1, 0.15) is 34.8 Å². The van der Waals surface area contributed by atoms with Gasteiger partial charge in [-0.05, 0) is 30.2 Å². The lowest BCUT2D eigenvalue weighted by Gasteiger charge is -2.35. The lowest BCUT2D eigenvalue weighted by atomic mass is 9.97. The molecule has 0 radical (unpaired) electrons. The van der Waals surface area contributed by atoms with Crippen LogP contribution in [0.15, 0.2) is 72.8 Å². The molecule has 3 aromatic rings. The molecule has 2 aliphatic rings. The first kappa shape index (κ1) is 33.5. The number of nitrogens with one attached hydrogen (secondary N) is 2. The summed E-state index contributed by atoms with van der Waals surface area (Å²) in [6.45, 7) is 0.586. The number of rotatable bonds is 13. The molecule has 0 bridgehead atoms. The van der Waals surface area contributed by atoms with E-state index < -0.39 is 56.5 Å². The third-order valence-electron chi connectivity index (χ3n) is 7.98. The summed E-state index contributed by atoms with van der Waals surface area (Å²) in [5.41, 5.74) is 1.90. The molecule has 3 atom stereocenters. The van der Waals surface area contributed by atoms with Crippen LogP contribution < -0.4 is 20.1 Å². The zero-order chi connectivity index (χ0) is 33.8. The highest BCUT2D eigenvalue weighted by atomic mass is 35.5. The van der Waals surface area contributed by atoms with Crippen molar-refractivity contribution in [2.75, 3.05) is 19.7 Å². The van der Waals surface area contributed by atoms with Crippen molar-refractivity contribution >= 4 is 45.3 Å². The number of β-lactam (4-membered cyclic amide) rings is 1. The second-order valence-electron chi connectivity index (χ2n) is 11.1. The van der Waals surface area contributed by atoms with E-state index >= 15 is 0 Å². The summed E-state index contributed by atoms with van der Waals surface area (Å²) in [6, 6.07) is 20.3. The number of carbonyl (C=O) groups excluding carboxylic acids is 3. The fourth-order valence-electron chi connectivity index (χ4n) is 5.40. The lowest BCUT2D eigenvalue weighted by Crippen LogP contribution is -2.58. The van der Waals surface area contributed by atoms with Crippen LogP contribution in [0.25, 0.3) is 0 Å². The zero-order valence-corrected chi connectivity index (χ0v) is 26.8. The molecule has 0 spiro atoms. The average molecular weight is 686 g/mol. The summed E-state index contributed by atoms with van der Waals surface area (Å²) in [5, 5.41) is 13.4. The normalized spacial score (nSPS) is 20.8. The summed E-state index contributed by atoms with van der Waals surface area (Å²) >= 11 is 6.66. The summed E-state index contributed by atoms with van der Waals surface area (Å²) in [5.74, 6) is -2.15. The Balaban J connectivity index is 1.17. The largest absolute Gasteiger partial charge is 0.485 e. The molecule has 47 heavy (non-hydrogen) atoms. The lowest BCUT2D eigenvalue weighted by molar-refractivity contribution is -0.158. The van der Waals surface area contributed by atoms with E-state index in [2.05, 4.69) is 10.6 Å². The van der Waals surface area contributed by atoms with Gasteiger partial charge in [0.1, 0.15) is 29.9 Å². The number of halogens is 1. The molecule has 2 saturated heterocycles. The number of carbonyl (C=O) groups is 4. The van der Waals surface area contributed by atoms with Gasteiger partial charge in [0.15, 0.2) is 27.4 Å². The predicted octanol–water partition coefficient (Wildman–Crippen LogP) is 3.15. The van der Waals surface area contributed by atoms with E-state index in [0.717, 1.165) is 23.0 Å². The van der Waals surface area contributed by atoms with Crippen LogP contribution in [-0.2, 0) is 37.4 Å². The smallest absolute Gasteiger partial charge is 0.407 e. The Morgan fingerprint density at radius 1 is 0.936 bits per heavy atom. The van der Waals surface area contributed by atoms with Gasteiger partial charge in [-0.15, -0.1) is 0 Å². The van der Waals surface area contributed by atoms with Crippen molar-refractivity contribution in [3.8, 4) is 11.5 Å². The predicted molar refractivity (Wildman–Crippen MR) is 169 cm³/mol. The highest BCUT2D eigenvalue weighted by Gasteiger charge is 2.70. The molecule has 5 rings (SSSR count). The first-order valence-electron chi connectivity index (χ1n) is 14.6. The third-order valence-corrected chi connectivity index (χ3v) is 11.1. The number of carboxylic acid groups (broad SMARTS) is 1. The van der Waals surface area contributed by atoms with Gasteiger partial charge in [-0.25, -0.2) is 18.0 Å². The third kappa shape index (κ3) is 6.83. The molecule has 3 N–H and O–H groups in total. The van der Waals surface area contributed by atoms with Crippen molar-refractivity contribution in [1.29, 1.82) is 0 Å². The summed E-state index contributed by atoms with van der Waals surface area (Å²) in [4.78, 5) is 50.0. The number of amides is 3. The molecule has 13 nitrogen and oxygen atoms in total. The standard InChI is InChI=1S/C32H32ClN3O10S/c1-32(28(30(39)40)36-24(37)16-25(36)47(32,42)43)19-46-31(41)35-15-14-34-29(38)22-12-13-23(44-17-20-8-4-2-5-9-20)27(26(22)33)45-18-21-10-6-3-7-11-21/h2-13,25,28H,14-19H2,1H3,(H,34,38)(H,35,41)(H,39,40). The van der Waals surface area contributed by atoms with Crippen LogP contribution in [0, 0.1) is 0 Å².